The van der Waals surface area contributed by atoms with Crippen molar-refractivity contribution in [2.75, 3.05) is 37.4 Å². The van der Waals surface area contributed by atoms with E-state index >= 15 is 0 Å². The van der Waals surface area contributed by atoms with Crippen LogP contribution in [0.4, 0.5) is 5.69 Å². The summed E-state index contributed by atoms with van der Waals surface area (Å²) in [5.74, 6) is 0.839. The Labute approximate surface area is 199 Å². The summed E-state index contributed by atoms with van der Waals surface area (Å²) in [6.45, 7) is 5.23. The number of ether oxygens (including phenoxy) is 1. The highest BCUT2D eigenvalue weighted by Gasteiger charge is 2.27. The number of aromatic nitrogens is 3. The van der Waals surface area contributed by atoms with E-state index in [4.69, 9.17) is 4.74 Å². The second kappa shape index (κ2) is 10.5. The quantitative estimate of drug-likeness (QED) is 0.591. The van der Waals surface area contributed by atoms with Crippen molar-refractivity contribution in [3.8, 4) is 0 Å². The van der Waals surface area contributed by atoms with Gasteiger partial charge in [-0.15, -0.1) is 10.2 Å². The lowest BCUT2D eigenvalue weighted by molar-refractivity contribution is -0.113. The molecule has 33 heavy (non-hydrogen) atoms. The molecule has 1 aliphatic carbocycles. The zero-order valence-electron chi connectivity index (χ0n) is 19.1. The smallest absolute Gasteiger partial charge is 0.243 e. The Bertz CT molecular complexity index is 1090. The summed E-state index contributed by atoms with van der Waals surface area (Å²) in [5, 5.41) is 12.2. The molecule has 1 saturated carbocycles. The highest BCUT2D eigenvalue weighted by molar-refractivity contribution is 7.99. The van der Waals surface area contributed by atoms with Gasteiger partial charge in [-0.2, -0.15) is 4.31 Å². The SMILES string of the molecule is Cc1ccc(S(=O)(=O)N2CCOCC2)cc1NC(=O)CSc1nnc(C)n1C1CCCCC1. The number of morpholine rings is 1. The Hall–Kier alpha value is -1.95. The minimum atomic E-state index is -3.63. The van der Waals surface area contributed by atoms with Crippen LogP contribution in [-0.4, -0.2) is 65.5 Å². The molecule has 0 spiro atoms. The Morgan fingerprint density at radius 2 is 1.88 bits per heavy atom. The van der Waals surface area contributed by atoms with E-state index < -0.39 is 10.0 Å². The van der Waals surface area contributed by atoms with Gasteiger partial charge in [-0.05, 0) is 44.4 Å². The fourth-order valence-electron chi connectivity index (χ4n) is 4.36. The van der Waals surface area contributed by atoms with Gasteiger partial charge in [-0.1, -0.05) is 37.1 Å². The van der Waals surface area contributed by atoms with Gasteiger partial charge >= 0.3 is 0 Å². The van der Waals surface area contributed by atoms with Crippen molar-refractivity contribution in [1.29, 1.82) is 0 Å². The van der Waals surface area contributed by atoms with Crippen LogP contribution in [0.15, 0.2) is 28.3 Å². The summed E-state index contributed by atoms with van der Waals surface area (Å²) in [6, 6.07) is 5.24. The summed E-state index contributed by atoms with van der Waals surface area (Å²) in [5.41, 5.74) is 1.30. The van der Waals surface area contributed by atoms with Crippen LogP contribution in [0.3, 0.4) is 0 Å². The van der Waals surface area contributed by atoms with E-state index in [9.17, 15) is 13.2 Å². The number of nitrogens with zero attached hydrogens (tertiary/aromatic N) is 4. The molecular formula is C22H31N5O4S2. The number of sulfonamides is 1. The Balaban J connectivity index is 1.43. The van der Waals surface area contributed by atoms with Crippen LogP contribution in [0, 0.1) is 13.8 Å². The van der Waals surface area contributed by atoms with E-state index in [0.29, 0.717) is 38.0 Å². The largest absolute Gasteiger partial charge is 0.379 e. The number of carbonyl (C=O) groups excluding carboxylic acids is 1. The van der Waals surface area contributed by atoms with E-state index in [-0.39, 0.29) is 16.6 Å². The summed E-state index contributed by atoms with van der Waals surface area (Å²) in [7, 11) is -3.63. The number of thioether (sulfide) groups is 1. The molecule has 9 nitrogen and oxygen atoms in total. The Morgan fingerprint density at radius 1 is 1.15 bits per heavy atom. The zero-order chi connectivity index (χ0) is 23.4. The average Bonchev–Trinajstić information content (AvgIpc) is 3.20. The molecule has 0 atom stereocenters. The first kappa shape index (κ1) is 24.2. The number of hydrogen-bond acceptors (Lipinski definition) is 7. The third kappa shape index (κ3) is 5.59. The van der Waals surface area contributed by atoms with Crippen LogP contribution in [0.25, 0.3) is 0 Å². The van der Waals surface area contributed by atoms with Gasteiger partial charge in [0.25, 0.3) is 0 Å². The van der Waals surface area contributed by atoms with Crippen molar-refractivity contribution < 1.29 is 17.9 Å². The molecule has 1 amide bonds. The third-order valence-corrected chi connectivity index (χ3v) is 9.04. The molecule has 11 heteroatoms. The third-order valence-electron chi connectivity index (χ3n) is 6.20. The molecule has 180 valence electrons. The second-order valence-electron chi connectivity index (χ2n) is 8.52. The van der Waals surface area contributed by atoms with Crippen molar-refractivity contribution in [3.63, 3.8) is 0 Å². The van der Waals surface area contributed by atoms with Crippen molar-refractivity contribution in [1.82, 2.24) is 19.1 Å². The van der Waals surface area contributed by atoms with Crippen LogP contribution < -0.4 is 5.32 Å². The highest BCUT2D eigenvalue weighted by Crippen LogP contribution is 2.32. The number of rotatable bonds is 7. The molecule has 4 rings (SSSR count). The van der Waals surface area contributed by atoms with Gasteiger partial charge in [0.05, 0.1) is 23.9 Å². The van der Waals surface area contributed by atoms with Gasteiger partial charge in [-0.3, -0.25) is 4.79 Å². The van der Waals surface area contributed by atoms with Crippen molar-refractivity contribution in [3.05, 3.63) is 29.6 Å². The summed E-state index contributed by atoms with van der Waals surface area (Å²) < 4.78 is 34.8. The number of hydrogen-bond donors (Lipinski definition) is 1. The maximum Gasteiger partial charge on any atom is 0.243 e. The Kier molecular flexibility index (Phi) is 7.72. The molecule has 0 unspecified atom stereocenters. The first-order valence-corrected chi connectivity index (χ1v) is 13.8. The van der Waals surface area contributed by atoms with Crippen molar-refractivity contribution in [2.45, 2.75) is 62.0 Å². The van der Waals surface area contributed by atoms with Crippen LogP contribution in [-0.2, 0) is 19.6 Å². The van der Waals surface area contributed by atoms with E-state index in [1.165, 1.54) is 41.4 Å². The molecule has 1 aromatic heterocycles. The summed E-state index contributed by atoms with van der Waals surface area (Å²) in [6.07, 6.45) is 5.90. The number of aryl methyl sites for hydroxylation is 2. The van der Waals surface area contributed by atoms with Crippen LogP contribution in [0.5, 0.6) is 0 Å². The molecule has 2 aliphatic rings. The number of nitrogens with one attached hydrogen (secondary N) is 1. The minimum absolute atomic E-state index is 0.171. The van der Waals surface area contributed by atoms with Gasteiger partial charge in [0.15, 0.2) is 5.16 Å². The molecule has 2 fully saturated rings. The number of amides is 1. The van der Waals surface area contributed by atoms with Gasteiger partial charge in [0.2, 0.25) is 15.9 Å². The van der Waals surface area contributed by atoms with Crippen molar-refractivity contribution >= 4 is 33.4 Å². The first-order valence-electron chi connectivity index (χ1n) is 11.4. The maximum atomic E-state index is 13.0. The first-order chi connectivity index (χ1) is 15.9. The van der Waals surface area contributed by atoms with Crippen LogP contribution in [0.2, 0.25) is 0 Å². The Morgan fingerprint density at radius 3 is 2.61 bits per heavy atom. The second-order valence-corrected chi connectivity index (χ2v) is 11.4. The lowest BCUT2D eigenvalue weighted by atomic mass is 9.95. The van der Waals surface area contributed by atoms with Crippen LogP contribution >= 0.6 is 11.8 Å². The predicted molar refractivity (Wildman–Crippen MR) is 127 cm³/mol. The zero-order valence-corrected chi connectivity index (χ0v) is 20.8. The van der Waals surface area contributed by atoms with Gasteiger partial charge in [0.1, 0.15) is 5.82 Å². The standard InChI is InChI=1S/C22H31N5O4S2/c1-16-8-9-19(33(29,30)26-10-12-31-13-11-26)14-20(16)23-21(28)15-32-22-25-24-17(2)27(22)18-6-4-3-5-7-18/h8-9,14,18H,3-7,10-13,15H2,1-2H3,(H,23,28). The molecule has 0 bridgehead atoms. The topological polar surface area (TPSA) is 106 Å². The van der Waals surface area contributed by atoms with Crippen molar-refractivity contribution in [2.24, 2.45) is 0 Å². The summed E-state index contributed by atoms with van der Waals surface area (Å²) in [4.78, 5) is 12.9. The monoisotopic (exact) mass is 493 g/mol. The van der Waals surface area contributed by atoms with Gasteiger partial charge in [0, 0.05) is 24.8 Å². The number of carbonyl (C=O) groups is 1. The highest BCUT2D eigenvalue weighted by atomic mass is 32.2. The molecule has 2 heterocycles. The van der Waals surface area contributed by atoms with Gasteiger partial charge < -0.3 is 14.6 Å². The minimum Gasteiger partial charge on any atom is -0.379 e. The number of benzene rings is 1. The molecular weight excluding hydrogens is 462 g/mol. The average molecular weight is 494 g/mol. The van der Waals surface area contributed by atoms with E-state index in [1.54, 1.807) is 12.1 Å². The fourth-order valence-corrected chi connectivity index (χ4v) is 6.64. The number of anilines is 1. The molecule has 1 aromatic carbocycles. The molecule has 1 aliphatic heterocycles. The van der Waals surface area contributed by atoms with E-state index in [0.717, 1.165) is 29.4 Å². The van der Waals surface area contributed by atoms with Gasteiger partial charge in [-0.25, -0.2) is 8.42 Å². The normalized spacial score (nSPS) is 18.4. The fraction of sp³-hybridized carbons (Fsp3) is 0.591. The molecule has 2 aromatic rings. The molecule has 1 N–H and O–H groups in total. The maximum absolute atomic E-state index is 13.0. The van der Waals surface area contributed by atoms with Crippen LogP contribution in [0.1, 0.15) is 49.5 Å². The van der Waals surface area contributed by atoms with E-state index in [2.05, 4.69) is 20.1 Å². The molecule has 0 radical (unpaired) electrons. The predicted octanol–water partition coefficient (Wildman–Crippen LogP) is 3.15. The lowest BCUT2D eigenvalue weighted by Crippen LogP contribution is -2.40. The summed E-state index contributed by atoms with van der Waals surface area (Å²) >= 11 is 1.36. The molecule has 1 saturated heterocycles. The van der Waals surface area contributed by atoms with E-state index in [1.807, 2.05) is 13.8 Å². The lowest BCUT2D eigenvalue weighted by Gasteiger charge is -2.26.